The highest BCUT2D eigenvalue weighted by Crippen LogP contribution is 2.35. The maximum absolute atomic E-state index is 13.1. The summed E-state index contributed by atoms with van der Waals surface area (Å²) in [6.45, 7) is 2.70. The van der Waals surface area contributed by atoms with Crippen molar-refractivity contribution >= 4 is 22.8 Å². The second-order valence-corrected chi connectivity index (χ2v) is 8.05. The Morgan fingerprint density at radius 3 is 2.71 bits per heavy atom. The van der Waals surface area contributed by atoms with Crippen LogP contribution in [0.2, 0.25) is 0 Å². The summed E-state index contributed by atoms with van der Waals surface area (Å²) in [5.74, 6) is 1.33. The fraction of sp³-hybridized carbons (Fsp3) is 0.231. The molecule has 1 aliphatic rings. The van der Waals surface area contributed by atoms with Crippen molar-refractivity contribution in [3.8, 4) is 22.8 Å². The number of methoxy groups -OCH3 is 1. The van der Waals surface area contributed by atoms with Crippen molar-refractivity contribution in [3.63, 3.8) is 0 Å². The predicted molar refractivity (Wildman–Crippen MR) is 125 cm³/mol. The first-order chi connectivity index (χ1) is 16.5. The van der Waals surface area contributed by atoms with E-state index in [0.717, 1.165) is 22.0 Å². The molecule has 8 nitrogen and oxygen atoms in total. The number of esters is 1. The molecule has 5 rings (SSSR count). The lowest BCUT2D eigenvalue weighted by Crippen LogP contribution is -2.43. The van der Waals surface area contributed by atoms with Gasteiger partial charge in [0.1, 0.15) is 30.8 Å². The predicted octanol–water partition coefficient (Wildman–Crippen LogP) is 4.02. The van der Waals surface area contributed by atoms with Gasteiger partial charge in [0.2, 0.25) is 0 Å². The van der Waals surface area contributed by atoms with Gasteiger partial charge < -0.3 is 28.9 Å². The van der Waals surface area contributed by atoms with Crippen LogP contribution in [0.1, 0.15) is 21.7 Å². The smallest absolute Gasteiger partial charge is 0.328 e. The number of amides is 1. The van der Waals surface area contributed by atoms with E-state index in [0.29, 0.717) is 41.8 Å². The maximum atomic E-state index is 13.1. The first-order valence-electron chi connectivity index (χ1n) is 11.0. The Balaban J connectivity index is 1.37. The molecule has 0 radical (unpaired) electrons. The van der Waals surface area contributed by atoms with Crippen molar-refractivity contribution in [2.75, 3.05) is 20.3 Å². The van der Waals surface area contributed by atoms with Crippen molar-refractivity contribution in [2.45, 2.75) is 19.4 Å². The normalized spacial score (nSPS) is 13.5. The quantitative estimate of drug-likeness (QED) is 0.421. The standard InChI is InChI=1S/C26H24N2O6/c1-15-19(13-23(34-15)16-7-8-22-24(12-16)33-10-9-32-22)25(29)28-21(26(30)31-2)11-17-14-27-20-6-4-3-5-18(17)20/h3-8,12-14,21,27H,9-11H2,1-2H3,(H,28,29)/t21-/m1/s1. The number of hydrogen-bond donors (Lipinski definition) is 2. The summed E-state index contributed by atoms with van der Waals surface area (Å²) < 4.78 is 22.0. The van der Waals surface area contributed by atoms with Gasteiger partial charge >= 0.3 is 5.97 Å². The molecule has 8 heteroatoms. The monoisotopic (exact) mass is 460 g/mol. The minimum atomic E-state index is -0.858. The Morgan fingerprint density at radius 1 is 1.09 bits per heavy atom. The van der Waals surface area contributed by atoms with Crippen LogP contribution in [0.25, 0.3) is 22.2 Å². The number of rotatable bonds is 6. The fourth-order valence-electron chi connectivity index (χ4n) is 4.14. The van der Waals surface area contributed by atoms with Gasteiger partial charge in [-0.2, -0.15) is 0 Å². The highest BCUT2D eigenvalue weighted by Gasteiger charge is 2.26. The van der Waals surface area contributed by atoms with E-state index < -0.39 is 17.9 Å². The highest BCUT2D eigenvalue weighted by atomic mass is 16.6. The molecule has 0 spiro atoms. The molecule has 174 valence electrons. The minimum Gasteiger partial charge on any atom is -0.486 e. The number of nitrogens with one attached hydrogen (secondary N) is 2. The second kappa shape index (κ2) is 8.97. The Kier molecular flexibility index (Phi) is 5.71. The molecule has 2 N–H and O–H groups in total. The number of aromatic nitrogens is 1. The number of fused-ring (bicyclic) bond motifs is 2. The number of carbonyl (C=O) groups excluding carboxylic acids is 2. The minimum absolute atomic E-state index is 0.286. The van der Waals surface area contributed by atoms with E-state index in [1.807, 2.05) is 48.7 Å². The van der Waals surface area contributed by atoms with Crippen LogP contribution in [0.4, 0.5) is 0 Å². The third-order valence-corrected chi connectivity index (χ3v) is 5.88. The summed E-state index contributed by atoms with van der Waals surface area (Å²) in [6.07, 6.45) is 2.13. The lowest BCUT2D eigenvalue weighted by molar-refractivity contribution is -0.142. The van der Waals surface area contributed by atoms with E-state index in [9.17, 15) is 9.59 Å². The van der Waals surface area contributed by atoms with Gasteiger partial charge in [0.15, 0.2) is 11.5 Å². The average molecular weight is 460 g/mol. The number of furan rings is 1. The van der Waals surface area contributed by atoms with Gasteiger partial charge in [-0.05, 0) is 42.8 Å². The molecule has 0 saturated carbocycles. The van der Waals surface area contributed by atoms with E-state index in [1.54, 1.807) is 13.0 Å². The van der Waals surface area contributed by atoms with Crippen LogP contribution in [-0.4, -0.2) is 43.2 Å². The van der Waals surface area contributed by atoms with E-state index in [1.165, 1.54) is 7.11 Å². The fourth-order valence-corrected chi connectivity index (χ4v) is 4.14. The second-order valence-electron chi connectivity index (χ2n) is 8.05. The van der Waals surface area contributed by atoms with Gasteiger partial charge in [0.05, 0.1) is 12.7 Å². The summed E-state index contributed by atoms with van der Waals surface area (Å²) in [5.41, 5.74) is 2.97. The Hall–Kier alpha value is -4.20. The van der Waals surface area contributed by atoms with Gasteiger partial charge in [-0.15, -0.1) is 0 Å². The summed E-state index contributed by atoms with van der Waals surface area (Å²) in [6, 6.07) is 14.1. The number of aromatic amines is 1. The van der Waals surface area contributed by atoms with Crippen LogP contribution >= 0.6 is 0 Å². The van der Waals surface area contributed by atoms with E-state index >= 15 is 0 Å². The molecule has 3 heterocycles. The molecule has 2 aromatic carbocycles. The van der Waals surface area contributed by atoms with E-state index in [2.05, 4.69) is 10.3 Å². The van der Waals surface area contributed by atoms with Crippen molar-refractivity contribution in [1.29, 1.82) is 0 Å². The van der Waals surface area contributed by atoms with Crippen LogP contribution in [0.3, 0.4) is 0 Å². The molecule has 1 amide bonds. The number of hydrogen-bond acceptors (Lipinski definition) is 6. The summed E-state index contributed by atoms with van der Waals surface area (Å²) in [4.78, 5) is 28.8. The van der Waals surface area contributed by atoms with Crippen LogP contribution < -0.4 is 14.8 Å². The van der Waals surface area contributed by atoms with E-state index in [-0.39, 0.29) is 6.42 Å². The zero-order valence-electron chi connectivity index (χ0n) is 18.8. The molecular weight excluding hydrogens is 436 g/mol. The Bertz CT molecular complexity index is 1370. The van der Waals surface area contributed by atoms with Gasteiger partial charge in [-0.3, -0.25) is 4.79 Å². The van der Waals surface area contributed by atoms with Gasteiger partial charge in [-0.25, -0.2) is 4.79 Å². The molecule has 2 aromatic heterocycles. The zero-order valence-corrected chi connectivity index (χ0v) is 18.8. The van der Waals surface area contributed by atoms with Gasteiger partial charge in [0.25, 0.3) is 5.91 Å². The molecule has 1 aliphatic heterocycles. The third-order valence-electron chi connectivity index (χ3n) is 5.88. The van der Waals surface area contributed by atoms with Crippen LogP contribution in [-0.2, 0) is 16.0 Å². The third kappa shape index (κ3) is 4.10. The highest BCUT2D eigenvalue weighted by molar-refractivity contribution is 5.98. The molecule has 4 aromatic rings. The number of ether oxygens (including phenoxy) is 3. The molecule has 0 saturated heterocycles. The van der Waals surface area contributed by atoms with Crippen molar-refractivity contribution in [1.82, 2.24) is 10.3 Å². The molecule has 0 bridgehead atoms. The Labute approximate surface area is 195 Å². The topological polar surface area (TPSA) is 103 Å². The van der Waals surface area contributed by atoms with Gasteiger partial charge in [-0.1, -0.05) is 18.2 Å². The molecule has 0 fully saturated rings. The average Bonchev–Trinajstić information content (AvgIpc) is 3.46. The number of benzene rings is 2. The molecule has 0 aliphatic carbocycles. The van der Waals surface area contributed by atoms with Crippen LogP contribution in [0.15, 0.2) is 59.1 Å². The van der Waals surface area contributed by atoms with Crippen molar-refractivity contribution in [3.05, 3.63) is 71.6 Å². The molecule has 0 unspecified atom stereocenters. The molecular formula is C26H24N2O6. The number of para-hydroxylation sites is 1. The van der Waals surface area contributed by atoms with Crippen molar-refractivity contribution < 1.29 is 28.2 Å². The lowest BCUT2D eigenvalue weighted by atomic mass is 10.0. The summed E-state index contributed by atoms with van der Waals surface area (Å²) >= 11 is 0. The van der Waals surface area contributed by atoms with Gasteiger partial charge in [0, 0.05) is 29.1 Å². The Morgan fingerprint density at radius 2 is 1.88 bits per heavy atom. The lowest BCUT2D eigenvalue weighted by Gasteiger charge is -2.18. The first-order valence-corrected chi connectivity index (χ1v) is 11.0. The number of carbonyl (C=O) groups is 2. The van der Waals surface area contributed by atoms with Crippen molar-refractivity contribution in [2.24, 2.45) is 0 Å². The largest absolute Gasteiger partial charge is 0.486 e. The summed E-state index contributed by atoms with van der Waals surface area (Å²) in [7, 11) is 1.31. The summed E-state index contributed by atoms with van der Waals surface area (Å²) in [5, 5.41) is 3.80. The molecule has 1 atom stereocenters. The number of aryl methyl sites for hydroxylation is 1. The number of H-pyrrole nitrogens is 1. The SMILES string of the molecule is COC(=O)[C@@H](Cc1c[nH]c2ccccc12)NC(=O)c1cc(-c2ccc3c(c2)OCCO3)oc1C. The van der Waals surface area contributed by atoms with Crippen LogP contribution in [0.5, 0.6) is 11.5 Å². The maximum Gasteiger partial charge on any atom is 0.328 e. The molecule has 34 heavy (non-hydrogen) atoms. The van der Waals surface area contributed by atoms with E-state index in [4.69, 9.17) is 18.6 Å². The first kappa shape index (κ1) is 21.6. The van der Waals surface area contributed by atoms with Crippen LogP contribution in [0, 0.1) is 6.92 Å². The zero-order chi connectivity index (χ0) is 23.7.